The van der Waals surface area contributed by atoms with Crippen molar-refractivity contribution in [2.75, 3.05) is 13.1 Å². The van der Waals surface area contributed by atoms with Gasteiger partial charge in [-0.3, -0.25) is 0 Å². The van der Waals surface area contributed by atoms with Gasteiger partial charge in [-0.15, -0.1) is 0 Å². The predicted molar refractivity (Wildman–Crippen MR) is 91.4 cm³/mol. The monoisotopic (exact) mass is 347 g/mol. The molecule has 136 valence electrons. The van der Waals surface area contributed by atoms with E-state index < -0.39 is 5.60 Å². The predicted octanol–water partition coefficient (Wildman–Crippen LogP) is 2.33. The highest BCUT2D eigenvalue weighted by atomic mass is 16.6. The van der Waals surface area contributed by atoms with Crippen molar-refractivity contribution < 1.29 is 14.6 Å². The SMILES string of the molecule is Cc1nc2ncnn2c(O)c1CC1CCN(C(=O)OC(C)(C)C)CC1. The van der Waals surface area contributed by atoms with Crippen molar-refractivity contribution in [3.63, 3.8) is 0 Å². The molecule has 1 aliphatic rings. The number of rotatable bonds is 2. The lowest BCUT2D eigenvalue weighted by Gasteiger charge is -2.33. The molecular weight excluding hydrogens is 322 g/mol. The van der Waals surface area contributed by atoms with Gasteiger partial charge in [0.1, 0.15) is 11.9 Å². The van der Waals surface area contributed by atoms with Gasteiger partial charge >= 0.3 is 6.09 Å². The fourth-order valence-electron chi connectivity index (χ4n) is 3.14. The number of aromatic nitrogens is 4. The van der Waals surface area contributed by atoms with Gasteiger partial charge in [0, 0.05) is 24.3 Å². The van der Waals surface area contributed by atoms with Gasteiger partial charge in [0.2, 0.25) is 5.88 Å². The molecule has 0 aliphatic carbocycles. The molecule has 2 aromatic rings. The number of amides is 1. The Morgan fingerprint density at radius 1 is 1.36 bits per heavy atom. The molecule has 0 radical (unpaired) electrons. The Bertz CT molecular complexity index is 772. The molecule has 0 spiro atoms. The number of ether oxygens (including phenoxy) is 1. The van der Waals surface area contributed by atoms with Crippen LogP contribution in [0.4, 0.5) is 4.79 Å². The largest absolute Gasteiger partial charge is 0.493 e. The first-order chi connectivity index (χ1) is 11.7. The van der Waals surface area contributed by atoms with E-state index in [4.69, 9.17) is 4.74 Å². The van der Waals surface area contributed by atoms with Crippen LogP contribution in [-0.2, 0) is 11.2 Å². The summed E-state index contributed by atoms with van der Waals surface area (Å²) >= 11 is 0. The third-order valence-electron chi connectivity index (χ3n) is 4.46. The van der Waals surface area contributed by atoms with E-state index in [9.17, 15) is 9.90 Å². The van der Waals surface area contributed by atoms with Gasteiger partial charge in [-0.05, 0) is 52.9 Å². The average molecular weight is 347 g/mol. The van der Waals surface area contributed by atoms with E-state index in [1.165, 1.54) is 10.8 Å². The van der Waals surface area contributed by atoms with Crippen LogP contribution in [0, 0.1) is 12.8 Å². The van der Waals surface area contributed by atoms with Crippen LogP contribution < -0.4 is 0 Å². The zero-order valence-electron chi connectivity index (χ0n) is 15.2. The molecule has 25 heavy (non-hydrogen) atoms. The van der Waals surface area contributed by atoms with Crippen LogP contribution in [0.2, 0.25) is 0 Å². The maximum absolute atomic E-state index is 12.1. The molecule has 2 aromatic heterocycles. The number of nitrogens with zero attached hydrogens (tertiary/aromatic N) is 5. The zero-order valence-corrected chi connectivity index (χ0v) is 15.2. The van der Waals surface area contributed by atoms with Crippen LogP contribution in [0.15, 0.2) is 6.33 Å². The van der Waals surface area contributed by atoms with Gasteiger partial charge in [-0.1, -0.05) is 0 Å². The van der Waals surface area contributed by atoms with Gasteiger partial charge in [0.25, 0.3) is 5.78 Å². The molecule has 8 nitrogen and oxygen atoms in total. The smallest absolute Gasteiger partial charge is 0.410 e. The van der Waals surface area contributed by atoms with Gasteiger partial charge in [-0.25, -0.2) is 9.78 Å². The van der Waals surface area contributed by atoms with Crippen molar-refractivity contribution in [1.82, 2.24) is 24.5 Å². The Kier molecular flexibility index (Phi) is 4.53. The first-order valence-corrected chi connectivity index (χ1v) is 8.60. The normalized spacial score (nSPS) is 16.4. The summed E-state index contributed by atoms with van der Waals surface area (Å²) in [5, 5.41) is 14.5. The van der Waals surface area contributed by atoms with Crippen LogP contribution in [0.25, 0.3) is 5.78 Å². The summed E-state index contributed by atoms with van der Waals surface area (Å²) in [6, 6.07) is 0. The highest BCUT2D eigenvalue weighted by molar-refractivity contribution is 5.68. The number of aromatic hydroxyl groups is 1. The van der Waals surface area contributed by atoms with Crippen LogP contribution in [0.5, 0.6) is 5.88 Å². The van der Waals surface area contributed by atoms with E-state index in [1.807, 2.05) is 27.7 Å². The molecule has 0 bridgehead atoms. The number of likely N-dealkylation sites (tertiary alicyclic amines) is 1. The maximum atomic E-state index is 12.1. The second-order valence-electron chi connectivity index (χ2n) is 7.59. The first kappa shape index (κ1) is 17.4. The molecule has 1 saturated heterocycles. The van der Waals surface area contributed by atoms with E-state index in [1.54, 1.807) is 4.90 Å². The fraction of sp³-hybridized carbons (Fsp3) is 0.647. The van der Waals surface area contributed by atoms with E-state index >= 15 is 0 Å². The molecule has 8 heteroatoms. The summed E-state index contributed by atoms with van der Waals surface area (Å²) in [6.45, 7) is 8.82. The molecule has 1 amide bonds. The summed E-state index contributed by atoms with van der Waals surface area (Å²) in [6.07, 6.45) is 3.57. The van der Waals surface area contributed by atoms with E-state index in [0.717, 1.165) is 24.1 Å². The number of hydrogen-bond donors (Lipinski definition) is 1. The quantitative estimate of drug-likeness (QED) is 0.896. The van der Waals surface area contributed by atoms with Crippen molar-refractivity contribution in [3.05, 3.63) is 17.6 Å². The number of fused-ring (bicyclic) bond motifs is 1. The molecule has 1 fully saturated rings. The van der Waals surface area contributed by atoms with Crippen molar-refractivity contribution in [2.24, 2.45) is 5.92 Å². The molecule has 0 unspecified atom stereocenters. The van der Waals surface area contributed by atoms with Crippen LogP contribution in [0.1, 0.15) is 44.9 Å². The number of piperidine rings is 1. The van der Waals surface area contributed by atoms with Crippen LogP contribution in [0.3, 0.4) is 0 Å². The maximum Gasteiger partial charge on any atom is 0.410 e. The number of carbonyl (C=O) groups excluding carboxylic acids is 1. The zero-order chi connectivity index (χ0) is 18.2. The number of carbonyl (C=O) groups is 1. The minimum atomic E-state index is -0.476. The number of hydrogen-bond acceptors (Lipinski definition) is 6. The third kappa shape index (κ3) is 3.83. The summed E-state index contributed by atoms with van der Waals surface area (Å²) in [5.41, 5.74) is 1.09. The van der Waals surface area contributed by atoms with Crippen molar-refractivity contribution >= 4 is 11.9 Å². The topological polar surface area (TPSA) is 92.9 Å². The van der Waals surface area contributed by atoms with Crippen LogP contribution >= 0.6 is 0 Å². The fourth-order valence-corrected chi connectivity index (χ4v) is 3.14. The van der Waals surface area contributed by atoms with Gasteiger partial charge in [-0.2, -0.15) is 14.6 Å². The standard InChI is InChI=1S/C17H25N5O3/c1-11-13(14(23)22-15(20-11)18-10-19-22)9-12-5-7-21(8-6-12)16(24)25-17(2,3)4/h10,12,23H,5-9H2,1-4H3. The summed E-state index contributed by atoms with van der Waals surface area (Å²) in [5.74, 6) is 0.888. The van der Waals surface area contributed by atoms with Gasteiger partial charge < -0.3 is 14.7 Å². The summed E-state index contributed by atoms with van der Waals surface area (Å²) in [4.78, 5) is 22.3. The summed E-state index contributed by atoms with van der Waals surface area (Å²) in [7, 11) is 0. The minimum absolute atomic E-state index is 0.106. The van der Waals surface area contributed by atoms with Crippen molar-refractivity contribution in [2.45, 2.75) is 52.6 Å². The minimum Gasteiger partial charge on any atom is -0.493 e. The highest BCUT2D eigenvalue weighted by Gasteiger charge is 2.28. The van der Waals surface area contributed by atoms with Crippen LogP contribution in [-0.4, -0.2) is 54.4 Å². The summed E-state index contributed by atoms with van der Waals surface area (Å²) < 4.78 is 6.79. The molecular formula is C17H25N5O3. The van der Waals surface area contributed by atoms with E-state index in [-0.39, 0.29) is 12.0 Å². The second-order valence-corrected chi connectivity index (χ2v) is 7.59. The molecule has 0 saturated carbocycles. The van der Waals surface area contributed by atoms with Crippen molar-refractivity contribution in [1.29, 1.82) is 0 Å². The lowest BCUT2D eigenvalue weighted by molar-refractivity contribution is 0.0184. The average Bonchev–Trinajstić information content (AvgIpc) is 2.98. The Labute approximate surface area is 146 Å². The lowest BCUT2D eigenvalue weighted by atomic mass is 9.90. The molecule has 0 atom stereocenters. The van der Waals surface area contributed by atoms with Gasteiger partial charge in [0.05, 0.1) is 0 Å². The number of aryl methyl sites for hydroxylation is 1. The Hall–Kier alpha value is -2.38. The highest BCUT2D eigenvalue weighted by Crippen LogP contribution is 2.28. The molecule has 3 rings (SSSR count). The first-order valence-electron chi connectivity index (χ1n) is 8.60. The molecule has 1 aliphatic heterocycles. The Morgan fingerprint density at radius 2 is 2.04 bits per heavy atom. The Balaban J connectivity index is 1.64. The third-order valence-corrected chi connectivity index (χ3v) is 4.46. The van der Waals surface area contributed by atoms with E-state index in [2.05, 4.69) is 15.1 Å². The second kappa shape index (κ2) is 6.50. The Morgan fingerprint density at radius 3 is 2.68 bits per heavy atom. The van der Waals surface area contributed by atoms with Gasteiger partial charge in [0.15, 0.2) is 0 Å². The molecule has 3 heterocycles. The lowest BCUT2D eigenvalue weighted by Crippen LogP contribution is -2.42. The van der Waals surface area contributed by atoms with Crippen molar-refractivity contribution in [3.8, 4) is 5.88 Å². The van der Waals surface area contributed by atoms with E-state index in [0.29, 0.717) is 31.2 Å². The molecule has 1 N–H and O–H groups in total. The molecule has 0 aromatic carbocycles.